The van der Waals surface area contributed by atoms with Crippen molar-refractivity contribution in [3.63, 3.8) is 0 Å². The average Bonchev–Trinajstić information content (AvgIpc) is 2.33. The normalized spacial score (nSPS) is 25.1. The van der Waals surface area contributed by atoms with Gasteiger partial charge in [0.25, 0.3) is 5.91 Å². The average molecular weight is 220 g/mol. The van der Waals surface area contributed by atoms with E-state index in [2.05, 4.69) is 10.6 Å². The summed E-state index contributed by atoms with van der Waals surface area (Å²) < 4.78 is 0. The van der Waals surface area contributed by atoms with Crippen molar-refractivity contribution in [2.24, 2.45) is 0 Å². The zero-order valence-corrected chi connectivity index (χ0v) is 9.02. The largest absolute Gasteiger partial charge is 0.390 e. The molecule has 1 aliphatic heterocycles. The first-order valence-corrected chi connectivity index (χ1v) is 5.52. The Hall–Kier alpha value is -1.39. The number of hydrogen-bond donors (Lipinski definition) is 3. The Morgan fingerprint density at radius 3 is 2.81 bits per heavy atom. The number of β-amino-alcohol motifs (C(OH)–C–C–N with tert-alkyl or cyclic N) is 1. The molecule has 4 nitrogen and oxygen atoms in total. The molecule has 1 aliphatic rings. The van der Waals surface area contributed by atoms with E-state index in [0.29, 0.717) is 12.1 Å². The minimum absolute atomic E-state index is 0.119. The van der Waals surface area contributed by atoms with Gasteiger partial charge in [0.05, 0.1) is 12.1 Å². The quantitative estimate of drug-likeness (QED) is 0.664. The van der Waals surface area contributed by atoms with Gasteiger partial charge in [-0.3, -0.25) is 4.79 Å². The minimum atomic E-state index is -0.499. The molecule has 16 heavy (non-hydrogen) atoms. The highest BCUT2D eigenvalue weighted by molar-refractivity contribution is 5.94. The van der Waals surface area contributed by atoms with Crippen LogP contribution in [-0.4, -0.2) is 36.2 Å². The highest BCUT2D eigenvalue weighted by Gasteiger charge is 2.24. The van der Waals surface area contributed by atoms with Gasteiger partial charge in [-0.1, -0.05) is 18.2 Å². The van der Waals surface area contributed by atoms with Gasteiger partial charge < -0.3 is 15.7 Å². The predicted molar refractivity (Wildman–Crippen MR) is 61.2 cm³/mol. The second-order valence-electron chi connectivity index (χ2n) is 4.01. The van der Waals surface area contributed by atoms with Gasteiger partial charge in [-0.2, -0.15) is 0 Å². The molecule has 2 rings (SSSR count). The van der Waals surface area contributed by atoms with Crippen LogP contribution in [0.5, 0.6) is 0 Å². The number of hydrogen-bond acceptors (Lipinski definition) is 3. The van der Waals surface area contributed by atoms with E-state index >= 15 is 0 Å². The Balaban J connectivity index is 1.96. The van der Waals surface area contributed by atoms with Gasteiger partial charge in [-0.05, 0) is 25.1 Å². The molecule has 0 radical (unpaired) electrons. The summed E-state index contributed by atoms with van der Waals surface area (Å²) in [6.07, 6.45) is 0.265. The molecule has 1 saturated heterocycles. The fraction of sp³-hybridized carbons (Fsp3) is 0.417. The lowest BCUT2D eigenvalue weighted by molar-refractivity contribution is 0.0765. The predicted octanol–water partition coefficient (Wildman–Crippen LogP) is 0.139. The van der Waals surface area contributed by atoms with Crippen LogP contribution in [0.15, 0.2) is 30.3 Å². The zero-order chi connectivity index (χ0) is 11.4. The van der Waals surface area contributed by atoms with Crippen LogP contribution in [0.2, 0.25) is 0 Å². The third-order valence-corrected chi connectivity index (χ3v) is 2.80. The van der Waals surface area contributed by atoms with Crippen molar-refractivity contribution in [2.45, 2.75) is 18.6 Å². The van der Waals surface area contributed by atoms with E-state index in [1.165, 1.54) is 0 Å². The molecule has 0 aromatic heterocycles. The van der Waals surface area contributed by atoms with Crippen molar-refractivity contribution >= 4 is 5.91 Å². The summed E-state index contributed by atoms with van der Waals surface area (Å²) in [4.78, 5) is 11.8. The van der Waals surface area contributed by atoms with Crippen LogP contribution in [0.1, 0.15) is 16.8 Å². The van der Waals surface area contributed by atoms with Crippen LogP contribution < -0.4 is 10.6 Å². The number of amides is 1. The Bertz CT molecular complexity index is 353. The number of aliphatic hydroxyl groups excluding tert-OH is 1. The second kappa shape index (κ2) is 5.09. The van der Waals surface area contributed by atoms with Gasteiger partial charge in [0, 0.05) is 12.1 Å². The zero-order valence-electron chi connectivity index (χ0n) is 9.02. The Kier molecular flexibility index (Phi) is 3.54. The first-order valence-electron chi connectivity index (χ1n) is 5.52. The highest BCUT2D eigenvalue weighted by Crippen LogP contribution is 2.05. The molecule has 0 bridgehead atoms. The minimum Gasteiger partial charge on any atom is -0.390 e. The van der Waals surface area contributed by atoms with Crippen molar-refractivity contribution in [1.29, 1.82) is 0 Å². The SMILES string of the molecule is O=C(NC1CCNCC1O)c1ccccc1. The Morgan fingerprint density at radius 1 is 1.38 bits per heavy atom. The topological polar surface area (TPSA) is 61.4 Å². The molecule has 1 aromatic rings. The lowest BCUT2D eigenvalue weighted by Crippen LogP contribution is -2.52. The molecule has 1 aromatic carbocycles. The van der Waals surface area contributed by atoms with E-state index in [-0.39, 0.29) is 11.9 Å². The smallest absolute Gasteiger partial charge is 0.251 e. The number of rotatable bonds is 2. The summed E-state index contributed by atoms with van der Waals surface area (Å²) in [5, 5.41) is 15.6. The van der Waals surface area contributed by atoms with Gasteiger partial charge in [0.1, 0.15) is 0 Å². The fourth-order valence-electron chi connectivity index (χ4n) is 1.85. The summed E-state index contributed by atoms with van der Waals surface area (Å²) in [5.74, 6) is -0.119. The van der Waals surface area contributed by atoms with E-state index in [9.17, 15) is 9.90 Å². The van der Waals surface area contributed by atoms with Crippen molar-refractivity contribution in [3.05, 3.63) is 35.9 Å². The molecular weight excluding hydrogens is 204 g/mol. The van der Waals surface area contributed by atoms with Crippen molar-refractivity contribution in [2.75, 3.05) is 13.1 Å². The number of piperidine rings is 1. The molecular formula is C12H16N2O2. The molecule has 0 saturated carbocycles. The molecule has 2 atom stereocenters. The van der Waals surface area contributed by atoms with Gasteiger partial charge in [0.15, 0.2) is 0 Å². The van der Waals surface area contributed by atoms with Gasteiger partial charge >= 0.3 is 0 Å². The number of aliphatic hydroxyl groups is 1. The summed E-state index contributed by atoms with van der Waals surface area (Å²) in [7, 11) is 0. The maximum absolute atomic E-state index is 11.8. The third-order valence-electron chi connectivity index (χ3n) is 2.80. The Labute approximate surface area is 94.7 Å². The van der Waals surface area contributed by atoms with E-state index in [1.807, 2.05) is 18.2 Å². The number of carbonyl (C=O) groups excluding carboxylic acids is 1. The molecule has 3 N–H and O–H groups in total. The van der Waals surface area contributed by atoms with Gasteiger partial charge in [-0.15, -0.1) is 0 Å². The third kappa shape index (κ3) is 2.59. The molecule has 1 fully saturated rings. The fourth-order valence-corrected chi connectivity index (χ4v) is 1.85. The van der Waals surface area contributed by atoms with Crippen molar-refractivity contribution < 1.29 is 9.90 Å². The molecule has 1 amide bonds. The monoisotopic (exact) mass is 220 g/mol. The summed E-state index contributed by atoms with van der Waals surface area (Å²) in [5.41, 5.74) is 0.633. The van der Waals surface area contributed by atoms with Gasteiger partial charge in [-0.25, -0.2) is 0 Å². The Morgan fingerprint density at radius 2 is 2.12 bits per heavy atom. The molecule has 86 valence electrons. The summed E-state index contributed by atoms with van der Waals surface area (Å²) in [6.45, 7) is 1.37. The van der Waals surface area contributed by atoms with Crippen molar-refractivity contribution in [3.8, 4) is 0 Å². The van der Waals surface area contributed by atoms with E-state index in [4.69, 9.17) is 0 Å². The van der Waals surface area contributed by atoms with E-state index in [1.54, 1.807) is 12.1 Å². The van der Waals surface area contributed by atoms with Crippen LogP contribution in [0.25, 0.3) is 0 Å². The van der Waals surface area contributed by atoms with Crippen LogP contribution in [0.4, 0.5) is 0 Å². The van der Waals surface area contributed by atoms with Crippen LogP contribution >= 0.6 is 0 Å². The summed E-state index contributed by atoms with van der Waals surface area (Å²) >= 11 is 0. The number of carbonyl (C=O) groups is 1. The van der Waals surface area contributed by atoms with Crippen LogP contribution in [0, 0.1) is 0 Å². The summed E-state index contributed by atoms with van der Waals surface area (Å²) in [6, 6.07) is 8.91. The lowest BCUT2D eigenvalue weighted by atomic mass is 10.0. The standard InChI is InChI=1S/C12H16N2O2/c15-11-8-13-7-6-10(11)14-12(16)9-4-2-1-3-5-9/h1-5,10-11,13,15H,6-8H2,(H,14,16). The first kappa shape index (κ1) is 11.1. The maximum Gasteiger partial charge on any atom is 0.251 e. The first-order chi connectivity index (χ1) is 7.77. The van der Waals surface area contributed by atoms with Crippen molar-refractivity contribution in [1.82, 2.24) is 10.6 Å². The number of nitrogens with one attached hydrogen (secondary N) is 2. The molecule has 1 heterocycles. The van der Waals surface area contributed by atoms with E-state index in [0.717, 1.165) is 13.0 Å². The lowest BCUT2D eigenvalue weighted by Gasteiger charge is -2.29. The highest BCUT2D eigenvalue weighted by atomic mass is 16.3. The molecule has 0 aliphatic carbocycles. The number of benzene rings is 1. The molecule has 2 unspecified atom stereocenters. The van der Waals surface area contributed by atoms with Crippen LogP contribution in [-0.2, 0) is 0 Å². The van der Waals surface area contributed by atoms with Gasteiger partial charge in [0.2, 0.25) is 0 Å². The van der Waals surface area contributed by atoms with Crippen LogP contribution in [0.3, 0.4) is 0 Å². The molecule has 4 heteroatoms. The molecule has 0 spiro atoms. The second-order valence-corrected chi connectivity index (χ2v) is 4.01. The van der Waals surface area contributed by atoms with E-state index < -0.39 is 6.10 Å². The maximum atomic E-state index is 11.8.